The minimum absolute atomic E-state index is 0.0696. The van der Waals surface area contributed by atoms with Crippen LogP contribution in [0.15, 0.2) is 24.3 Å². The highest BCUT2D eigenvalue weighted by molar-refractivity contribution is 7.99. The Morgan fingerprint density at radius 1 is 1.17 bits per heavy atom. The Balaban J connectivity index is 1.71. The third-order valence-electron chi connectivity index (χ3n) is 5.57. The van der Waals surface area contributed by atoms with Gasteiger partial charge >= 0.3 is 0 Å². The van der Waals surface area contributed by atoms with Crippen molar-refractivity contribution >= 4 is 29.5 Å². The molecule has 3 rings (SSSR count). The van der Waals surface area contributed by atoms with E-state index >= 15 is 0 Å². The second kappa shape index (κ2) is 8.75. The quantitative estimate of drug-likeness (QED) is 0.623. The summed E-state index contributed by atoms with van der Waals surface area (Å²) >= 11 is 1.57. The van der Waals surface area contributed by atoms with E-state index in [1.54, 1.807) is 22.7 Å². The molecule has 29 heavy (non-hydrogen) atoms. The molecule has 0 aliphatic carbocycles. The fourth-order valence-electron chi connectivity index (χ4n) is 3.72. The van der Waals surface area contributed by atoms with Gasteiger partial charge in [-0.3, -0.25) is 14.4 Å². The van der Waals surface area contributed by atoms with Crippen molar-refractivity contribution in [3.63, 3.8) is 0 Å². The molecule has 3 N–H and O–H groups in total. The summed E-state index contributed by atoms with van der Waals surface area (Å²) < 4.78 is 0. The molecule has 0 radical (unpaired) electrons. The summed E-state index contributed by atoms with van der Waals surface area (Å²) in [5, 5.41) is 15.0. The van der Waals surface area contributed by atoms with E-state index in [1.165, 1.54) is 0 Å². The minimum atomic E-state index is -0.737. The van der Waals surface area contributed by atoms with Crippen LogP contribution in [-0.4, -0.2) is 58.2 Å². The first kappa shape index (κ1) is 21.6. The molecule has 158 valence electrons. The van der Waals surface area contributed by atoms with Gasteiger partial charge < -0.3 is 20.6 Å². The first-order valence-corrected chi connectivity index (χ1v) is 11.1. The Kier molecular flexibility index (Phi) is 6.53. The largest absolute Gasteiger partial charge is 0.394 e. The molecule has 0 saturated carbocycles. The number of aliphatic hydroxyl groups is 1. The van der Waals surface area contributed by atoms with Crippen LogP contribution in [0, 0.1) is 11.8 Å². The van der Waals surface area contributed by atoms with Crippen molar-refractivity contribution in [2.24, 2.45) is 11.8 Å². The van der Waals surface area contributed by atoms with Gasteiger partial charge in [0.1, 0.15) is 17.5 Å². The van der Waals surface area contributed by atoms with Gasteiger partial charge in [0.25, 0.3) is 5.91 Å². The van der Waals surface area contributed by atoms with E-state index in [2.05, 4.69) is 10.6 Å². The molecule has 4 atom stereocenters. The zero-order chi connectivity index (χ0) is 21.3. The maximum absolute atomic E-state index is 13.0. The fraction of sp³-hybridized carbons (Fsp3) is 0.571. The predicted molar refractivity (Wildman–Crippen MR) is 112 cm³/mol. The molecule has 1 saturated heterocycles. The first-order chi connectivity index (χ1) is 13.8. The summed E-state index contributed by atoms with van der Waals surface area (Å²) in [6.45, 7) is 7.38. The second-order valence-corrected chi connectivity index (χ2v) is 9.39. The van der Waals surface area contributed by atoms with Gasteiger partial charge in [-0.25, -0.2) is 0 Å². The number of nitrogens with one attached hydrogen (secondary N) is 2. The SMILES string of the molecule is CC(C)[C@H](NC(=O)[C@@H]1CS[C@@H]2c3ccccc3C(=O)N21)C(=O)N[C@H](CO)C(C)C. The van der Waals surface area contributed by atoms with Crippen molar-refractivity contribution in [1.29, 1.82) is 0 Å². The van der Waals surface area contributed by atoms with Gasteiger partial charge in [-0.2, -0.15) is 0 Å². The van der Waals surface area contributed by atoms with Gasteiger partial charge in [0.15, 0.2) is 0 Å². The van der Waals surface area contributed by atoms with E-state index in [0.717, 1.165) is 5.56 Å². The number of fused-ring (bicyclic) bond motifs is 3. The van der Waals surface area contributed by atoms with Crippen LogP contribution in [0.5, 0.6) is 0 Å². The van der Waals surface area contributed by atoms with E-state index in [0.29, 0.717) is 11.3 Å². The maximum Gasteiger partial charge on any atom is 0.256 e. The molecule has 0 bridgehead atoms. The number of benzene rings is 1. The van der Waals surface area contributed by atoms with Crippen molar-refractivity contribution < 1.29 is 19.5 Å². The Labute approximate surface area is 175 Å². The number of rotatable bonds is 7. The Hall–Kier alpha value is -2.06. The predicted octanol–water partition coefficient (Wildman–Crippen LogP) is 1.53. The van der Waals surface area contributed by atoms with Crippen LogP contribution in [0.4, 0.5) is 0 Å². The minimum Gasteiger partial charge on any atom is -0.394 e. The first-order valence-electron chi connectivity index (χ1n) is 10.0. The third-order valence-corrected chi connectivity index (χ3v) is 6.88. The number of amides is 3. The van der Waals surface area contributed by atoms with E-state index < -0.39 is 12.1 Å². The molecule has 0 spiro atoms. The van der Waals surface area contributed by atoms with Crippen molar-refractivity contribution in [2.45, 2.75) is 51.2 Å². The molecular weight excluding hydrogens is 390 g/mol. The van der Waals surface area contributed by atoms with Crippen LogP contribution >= 0.6 is 11.8 Å². The highest BCUT2D eigenvalue weighted by Gasteiger charge is 2.48. The summed E-state index contributed by atoms with van der Waals surface area (Å²) in [7, 11) is 0. The summed E-state index contributed by atoms with van der Waals surface area (Å²) in [6.07, 6.45) is 0. The van der Waals surface area contributed by atoms with Gasteiger partial charge in [0.2, 0.25) is 11.8 Å². The molecule has 2 aliphatic rings. The number of nitrogens with zero attached hydrogens (tertiary/aromatic N) is 1. The van der Waals surface area contributed by atoms with Crippen molar-refractivity contribution in [1.82, 2.24) is 15.5 Å². The topological polar surface area (TPSA) is 98.7 Å². The monoisotopic (exact) mass is 419 g/mol. The molecule has 8 heteroatoms. The average molecular weight is 420 g/mol. The molecule has 3 amide bonds. The lowest BCUT2D eigenvalue weighted by atomic mass is 10.00. The molecule has 1 aromatic carbocycles. The van der Waals surface area contributed by atoms with E-state index in [9.17, 15) is 19.5 Å². The van der Waals surface area contributed by atoms with E-state index in [4.69, 9.17) is 0 Å². The van der Waals surface area contributed by atoms with Crippen molar-refractivity contribution in [2.75, 3.05) is 12.4 Å². The number of hydrogen-bond acceptors (Lipinski definition) is 5. The normalized spacial score (nSPS) is 22.4. The fourth-order valence-corrected chi connectivity index (χ4v) is 5.19. The number of thioether (sulfide) groups is 1. The third kappa shape index (κ3) is 4.14. The molecule has 1 fully saturated rings. The van der Waals surface area contributed by atoms with Crippen molar-refractivity contribution in [3.8, 4) is 0 Å². The lowest BCUT2D eigenvalue weighted by molar-refractivity contribution is -0.132. The van der Waals surface area contributed by atoms with Gasteiger partial charge in [-0.1, -0.05) is 45.9 Å². The highest BCUT2D eigenvalue weighted by atomic mass is 32.2. The second-order valence-electron chi connectivity index (χ2n) is 8.27. The van der Waals surface area contributed by atoms with E-state index in [-0.39, 0.29) is 47.6 Å². The summed E-state index contributed by atoms with van der Waals surface area (Å²) in [5.74, 6) is -0.350. The van der Waals surface area contributed by atoms with Gasteiger partial charge in [-0.05, 0) is 23.5 Å². The molecule has 2 heterocycles. The maximum atomic E-state index is 13.0. The number of carbonyl (C=O) groups excluding carboxylic acids is 3. The molecule has 0 aromatic heterocycles. The summed E-state index contributed by atoms with van der Waals surface area (Å²) in [6, 6.07) is 5.71. The summed E-state index contributed by atoms with van der Waals surface area (Å²) in [4.78, 5) is 40.3. The van der Waals surface area contributed by atoms with Gasteiger partial charge in [-0.15, -0.1) is 11.8 Å². The van der Waals surface area contributed by atoms with Crippen LogP contribution in [-0.2, 0) is 9.59 Å². The molecule has 7 nitrogen and oxygen atoms in total. The van der Waals surface area contributed by atoms with E-state index in [1.807, 2.05) is 45.9 Å². The number of hydrogen-bond donors (Lipinski definition) is 3. The van der Waals surface area contributed by atoms with Crippen LogP contribution in [0.1, 0.15) is 49.0 Å². The Morgan fingerprint density at radius 3 is 2.48 bits per heavy atom. The van der Waals surface area contributed by atoms with Crippen LogP contribution in [0.2, 0.25) is 0 Å². The van der Waals surface area contributed by atoms with Crippen LogP contribution < -0.4 is 10.6 Å². The lowest BCUT2D eigenvalue weighted by Gasteiger charge is -2.29. The Bertz CT molecular complexity index is 798. The van der Waals surface area contributed by atoms with Crippen molar-refractivity contribution in [3.05, 3.63) is 35.4 Å². The van der Waals surface area contributed by atoms with Crippen LogP contribution in [0.25, 0.3) is 0 Å². The smallest absolute Gasteiger partial charge is 0.256 e. The zero-order valence-corrected chi connectivity index (χ0v) is 18.0. The standard InChI is InChI=1S/C21H29N3O4S/c1-11(2)15(9-25)22-19(27)17(12(3)4)23-18(26)16-10-29-21-14-8-6-5-7-13(14)20(28)24(16)21/h5-8,11-12,15-17,21,25H,9-10H2,1-4H3,(H,22,27)(H,23,26)/t15-,16+,17+,21-/m1/s1. The molecular formula is C21H29N3O4S. The van der Waals surface area contributed by atoms with Gasteiger partial charge in [0.05, 0.1) is 12.6 Å². The summed E-state index contributed by atoms with van der Waals surface area (Å²) in [5.41, 5.74) is 1.59. The molecule has 2 aliphatic heterocycles. The molecule has 1 aromatic rings. The Morgan fingerprint density at radius 2 is 1.86 bits per heavy atom. The van der Waals surface area contributed by atoms with Gasteiger partial charge in [0, 0.05) is 11.3 Å². The molecule has 0 unspecified atom stereocenters. The zero-order valence-electron chi connectivity index (χ0n) is 17.2. The number of carbonyl (C=O) groups is 3. The average Bonchev–Trinajstić information content (AvgIpc) is 3.24. The lowest BCUT2D eigenvalue weighted by Crippen LogP contribution is -2.57. The number of aliphatic hydroxyl groups excluding tert-OH is 1. The highest BCUT2D eigenvalue weighted by Crippen LogP contribution is 2.48. The van der Waals surface area contributed by atoms with Crippen LogP contribution in [0.3, 0.4) is 0 Å².